The lowest BCUT2D eigenvalue weighted by atomic mass is 9.92. The summed E-state index contributed by atoms with van der Waals surface area (Å²) in [6.07, 6.45) is 0.971. The first-order valence-electron chi connectivity index (χ1n) is 13.0. The number of hydrogen-bond acceptors (Lipinski definition) is 8. The minimum atomic E-state index is -0.127. The number of amides is 1. The average Bonchev–Trinajstić information content (AvgIpc) is 3.69. The molecular weight excluding hydrogens is 500 g/mol. The molecule has 0 radical (unpaired) electrons. The number of rotatable bonds is 6. The molecule has 0 unspecified atom stereocenters. The number of benzene rings is 3. The molecule has 39 heavy (non-hydrogen) atoms. The van der Waals surface area contributed by atoms with Crippen LogP contribution in [0.25, 0.3) is 22.3 Å². The van der Waals surface area contributed by atoms with Gasteiger partial charge in [-0.15, -0.1) is 0 Å². The molecule has 0 saturated heterocycles. The van der Waals surface area contributed by atoms with Crippen LogP contribution in [-0.4, -0.2) is 45.1 Å². The van der Waals surface area contributed by atoms with E-state index >= 15 is 0 Å². The third kappa shape index (κ3) is 4.01. The Morgan fingerprint density at radius 1 is 0.974 bits per heavy atom. The fourth-order valence-electron chi connectivity index (χ4n) is 5.73. The zero-order valence-corrected chi connectivity index (χ0v) is 21.8. The molecule has 200 valence electrons. The Hall–Kier alpha value is -4.37. The van der Waals surface area contributed by atoms with Crippen molar-refractivity contribution in [3.8, 4) is 40.1 Å². The number of methoxy groups -OCH3 is 1. The third-order valence-electron chi connectivity index (χ3n) is 7.59. The Bertz CT molecular complexity index is 1590. The van der Waals surface area contributed by atoms with Crippen LogP contribution < -0.4 is 29.0 Å². The van der Waals surface area contributed by atoms with Gasteiger partial charge >= 0.3 is 0 Å². The first-order valence-corrected chi connectivity index (χ1v) is 13.0. The second-order valence-electron chi connectivity index (χ2n) is 9.95. The minimum Gasteiger partial charge on any atom is -0.492 e. The van der Waals surface area contributed by atoms with Gasteiger partial charge in [0.15, 0.2) is 23.0 Å². The Balaban J connectivity index is 1.21. The molecule has 1 aromatic heterocycles. The van der Waals surface area contributed by atoms with Gasteiger partial charge in [-0.05, 0) is 25.1 Å². The van der Waals surface area contributed by atoms with Gasteiger partial charge in [0.1, 0.15) is 11.3 Å². The van der Waals surface area contributed by atoms with E-state index in [2.05, 4.69) is 17.3 Å². The van der Waals surface area contributed by atoms with Gasteiger partial charge in [0.05, 0.1) is 13.5 Å². The number of carbonyl (C=O) groups is 1. The normalized spacial score (nSPS) is 15.4. The van der Waals surface area contributed by atoms with Gasteiger partial charge in [0.25, 0.3) is 0 Å². The van der Waals surface area contributed by atoms with Crippen LogP contribution in [-0.2, 0) is 30.7 Å². The number of nitrogens with one attached hydrogen (secondary N) is 1. The maximum atomic E-state index is 13.5. The highest BCUT2D eigenvalue weighted by Gasteiger charge is 2.32. The Kier molecular flexibility index (Phi) is 5.73. The molecule has 4 aromatic rings. The number of carbonyl (C=O) groups excluding carboxylic acids is 1. The van der Waals surface area contributed by atoms with Crippen LogP contribution in [0.2, 0.25) is 0 Å². The van der Waals surface area contributed by atoms with Crippen molar-refractivity contribution in [3.63, 3.8) is 0 Å². The quantitative estimate of drug-likeness (QED) is 0.394. The molecule has 7 rings (SSSR count). The average molecular weight is 529 g/mol. The van der Waals surface area contributed by atoms with Crippen LogP contribution >= 0.6 is 0 Å². The van der Waals surface area contributed by atoms with E-state index in [4.69, 9.17) is 28.1 Å². The molecule has 9 heteroatoms. The second kappa shape index (κ2) is 9.43. The van der Waals surface area contributed by atoms with Crippen LogP contribution in [0, 0.1) is 0 Å². The fraction of sp³-hybridized carbons (Fsp3) is 0.300. The molecule has 0 bridgehead atoms. The summed E-state index contributed by atoms with van der Waals surface area (Å²) in [4.78, 5) is 15.7. The van der Waals surface area contributed by atoms with E-state index in [1.807, 2.05) is 42.5 Å². The lowest BCUT2D eigenvalue weighted by molar-refractivity contribution is -0.120. The monoisotopic (exact) mass is 528 g/mol. The van der Waals surface area contributed by atoms with Gasteiger partial charge in [0, 0.05) is 53.3 Å². The van der Waals surface area contributed by atoms with Crippen LogP contribution in [0.5, 0.6) is 28.7 Å². The zero-order chi connectivity index (χ0) is 26.5. The largest absolute Gasteiger partial charge is 0.492 e. The van der Waals surface area contributed by atoms with Crippen LogP contribution in [0.4, 0.5) is 0 Å². The lowest BCUT2D eigenvalue weighted by Gasteiger charge is -2.29. The summed E-state index contributed by atoms with van der Waals surface area (Å²) in [7, 11) is 3.74. The molecule has 3 aliphatic heterocycles. The molecule has 1 N–H and O–H groups in total. The van der Waals surface area contributed by atoms with Gasteiger partial charge in [0.2, 0.25) is 25.2 Å². The van der Waals surface area contributed by atoms with Gasteiger partial charge in [-0.3, -0.25) is 4.79 Å². The molecule has 0 spiro atoms. The summed E-state index contributed by atoms with van der Waals surface area (Å²) in [5.41, 5.74) is 5.54. The molecule has 0 fully saturated rings. The summed E-state index contributed by atoms with van der Waals surface area (Å²) in [6.45, 7) is 2.27. The van der Waals surface area contributed by atoms with E-state index in [0.717, 1.165) is 58.5 Å². The van der Waals surface area contributed by atoms with Crippen molar-refractivity contribution in [2.45, 2.75) is 25.9 Å². The van der Waals surface area contributed by atoms with Crippen molar-refractivity contribution in [2.24, 2.45) is 0 Å². The molecular formula is C30H28N2O7. The Morgan fingerprint density at radius 3 is 2.56 bits per heavy atom. The number of nitrogens with zero attached hydrogens (tertiary/aromatic N) is 1. The Labute approximate surface area is 225 Å². The van der Waals surface area contributed by atoms with Crippen LogP contribution in [0.1, 0.15) is 22.3 Å². The number of hydrogen-bond donors (Lipinski definition) is 1. The van der Waals surface area contributed by atoms with E-state index in [9.17, 15) is 4.79 Å². The molecule has 0 saturated carbocycles. The first-order chi connectivity index (χ1) is 19.1. The molecule has 0 aliphatic carbocycles. The maximum absolute atomic E-state index is 13.5. The first kappa shape index (κ1) is 23.7. The van der Waals surface area contributed by atoms with E-state index in [1.165, 1.54) is 0 Å². The van der Waals surface area contributed by atoms with E-state index < -0.39 is 0 Å². The van der Waals surface area contributed by atoms with Crippen molar-refractivity contribution in [2.75, 3.05) is 34.3 Å². The highest BCUT2D eigenvalue weighted by atomic mass is 16.7. The molecule has 3 aliphatic rings. The van der Waals surface area contributed by atoms with Gasteiger partial charge < -0.3 is 38.3 Å². The van der Waals surface area contributed by atoms with Crippen molar-refractivity contribution in [1.29, 1.82) is 0 Å². The number of fused-ring (bicyclic) bond motifs is 4. The molecule has 1 amide bonds. The second-order valence-corrected chi connectivity index (χ2v) is 9.95. The van der Waals surface area contributed by atoms with Crippen molar-refractivity contribution in [1.82, 2.24) is 10.2 Å². The number of ether oxygens (including phenoxy) is 5. The molecule has 9 nitrogen and oxygen atoms in total. The van der Waals surface area contributed by atoms with Gasteiger partial charge in [-0.1, -0.05) is 30.3 Å². The van der Waals surface area contributed by atoms with Crippen molar-refractivity contribution >= 4 is 16.9 Å². The topological polar surface area (TPSA) is 91.6 Å². The molecule has 3 aromatic carbocycles. The summed E-state index contributed by atoms with van der Waals surface area (Å²) >= 11 is 0. The van der Waals surface area contributed by atoms with E-state index in [-0.39, 0.29) is 25.9 Å². The molecule has 0 atom stereocenters. The fourth-order valence-corrected chi connectivity index (χ4v) is 5.73. The van der Waals surface area contributed by atoms with E-state index in [1.54, 1.807) is 7.11 Å². The van der Waals surface area contributed by atoms with Crippen LogP contribution in [0.3, 0.4) is 0 Å². The highest BCUT2D eigenvalue weighted by Crippen LogP contribution is 2.49. The maximum Gasteiger partial charge on any atom is 0.231 e. The van der Waals surface area contributed by atoms with Gasteiger partial charge in [-0.2, -0.15) is 0 Å². The number of furan rings is 1. The highest BCUT2D eigenvalue weighted by molar-refractivity contribution is 5.95. The summed E-state index contributed by atoms with van der Waals surface area (Å²) < 4.78 is 34.8. The predicted octanol–water partition coefficient (Wildman–Crippen LogP) is 4.41. The lowest BCUT2D eigenvalue weighted by Crippen LogP contribution is -2.30. The molecule has 4 heterocycles. The summed E-state index contributed by atoms with van der Waals surface area (Å²) in [6, 6.07) is 13.5. The summed E-state index contributed by atoms with van der Waals surface area (Å²) in [5.74, 6) is 3.80. The summed E-state index contributed by atoms with van der Waals surface area (Å²) in [5, 5.41) is 3.96. The zero-order valence-electron chi connectivity index (χ0n) is 21.8. The predicted molar refractivity (Wildman–Crippen MR) is 142 cm³/mol. The minimum absolute atomic E-state index is 0.127. The standard InChI is InChI=1S/C30H28N2O7/c1-32-9-8-18-21(29-30(38-16-37-29)28(34-2)22(18)14-32)13-31-26(33)11-20-19-10-24-25(36-15-35-24)12-23(19)39-27(20)17-6-4-3-5-7-17/h3-7,10,12H,8-9,11,13-16H2,1-2H3,(H,31,33). The Morgan fingerprint density at radius 2 is 1.74 bits per heavy atom. The SMILES string of the molecule is COc1c2c(c(CNC(=O)Cc3c(-c4ccccc4)oc4cc5c(cc34)OCO5)c3c1OCO3)CCN(C)C2. The van der Waals surface area contributed by atoms with Crippen molar-refractivity contribution < 1.29 is 32.9 Å². The smallest absolute Gasteiger partial charge is 0.231 e. The van der Waals surface area contributed by atoms with Crippen molar-refractivity contribution in [3.05, 3.63) is 64.7 Å². The number of likely N-dealkylation sites (N-methyl/N-ethyl adjacent to an activating group) is 1. The van der Waals surface area contributed by atoms with Gasteiger partial charge in [-0.25, -0.2) is 0 Å². The third-order valence-corrected chi connectivity index (χ3v) is 7.59. The van der Waals surface area contributed by atoms with Crippen LogP contribution in [0.15, 0.2) is 46.9 Å². The van der Waals surface area contributed by atoms with E-state index in [0.29, 0.717) is 40.9 Å².